The Balaban J connectivity index is 1.54. The Morgan fingerprint density at radius 3 is 2.75 bits per heavy atom. The van der Waals surface area contributed by atoms with E-state index < -0.39 is 0 Å². The minimum absolute atomic E-state index is 0.400. The lowest BCUT2D eigenvalue weighted by Crippen LogP contribution is -2.18. The van der Waals surface area contributed by atoms with Crippen molar-refractivity contribution in [2.24, 2.45) is 0 Å². The quantitative estimate of drug-likeness (QED) is 0.725. The normalized spacial score (nSPS) is 19.7. The van der Waals surface area contributed by atoms with Crippen LogP contribution in [0.25, 0.3) is 0 Å². The van der Waals surface area contributed by atoms with Crippen LogP contribution in [-0.2, 0) is 13.0 Å². The van der Waals surface area contributed by atoms with Crippen molar-refractivity contribution < 1.29 is 4.52 Å². The highest BCUT2D eigenvalue weighted by atomic mass is 16.5. The number of rotatable bonds is 4. The number of aryl methyl sites for hydroxylation is 1. The summed E-state index contributed by atoms with van der Waals surface area (Å²) in [5.41, 5.74) is 6.27. The average molecular weight is 318 g/mol. The molecule has 2 atom stereocenters. The molecule has 1 aliphatic carbocycles. The Hall–Kier alpha value is -2.55. The number of fused-ring (bicyclic) bond motifs is 1. The summed E-state index contributed by atoms with van der Waals surface area (Å²) in [5.74, 6) is 0.856. The zero-order valence-corrected chi connectivity index (χ0v) is 13.9. The lowest BCUT2D eigenvalue weighted by molar-refractivity contribution is 0.390. The van der Waals surface area contributed by atoms with Crippen molar-refractivity contribution in [3.63, 3.8) is 0 Å². The Bertz CT molecular complexity index is 809. The molecular weight excluding hydrogens is 296 g/mol. The van der Waals surface area contributed by atoms with E-state index in [2.05, 4.69) is 65.9 Å². The van der Waals surface area contributed by atoms with Gasteiger partial charge in [0.2, 0.25) is 0 Å². The number of nitrogens with zero attached hydrogens (tertiary/aromatic N) is 1. The molecule has 0 radical (unpaired) electrons. The fraction of sp³-hybridized carbons (Fsp3) is 0.286. The molecule has 2 unspecified atom stereocenters. The molecule has 1 aliphatic rings. The number of benzene rings is 2. The van der Waals surface area contributed by atoms with Gasteiger partial charge in [0, 0.05) is 12.5 Å². The Kier molecular flexibility index (Phi) is 4.08. The summed E-state index contributed by atoms with van der Waals surface area (Å²) in [6, 6.07) is 19.2. The Labute approximate surface area is 142 Å². The summed E-state index contributed by atoms with van der Waals surface area (Å²) in [5, 5.41) is 7.83. The molecule has 1 aromatic heterocycles. The maximum Gasteiger partial charge on any atom is 0.147 e. The van der Waals surface area contributed by atoms with Crippen LogP contribution in [0, 0.1) is 0 Å². The third-order valence-electron chi connectivity index (χ3n) is 5.15. The van der Waals surface area contributed by atoms with Gasteiger partial charge in [-0.25, -0.2) is 0 Å². The number of anilines is 1. The molecule has 0 aliphatic heterocycles. The summed E-state index contributed by atoms with van der Waals surface area (Å²) in [7, 11) is 0. The fourth-order valence-corrected chi connectivity index (χ4v) is 3.80. The second-order valence-electron chi connectivity index (χ2n) is 6.59. The molecule has 0 amide bonds. The van der Waals surface area contributed by atoms with Crippen LogP contribution in [0.5, 0.6) is 0 Å². The van der Waals surface area contributed by atoms with Gasteiger partial charge in [-0.05, 0) is 35.4 Å². The van der Waals surface area contributed by atoms with Crippen LogP contribution >= 0.6 is 0 Å². The second-order valence-corrected chi connectivity index (χ2v) is 6.59. The third kappa shape index (κ3) is 2.82. The molecule has 0 fully saturated rings. The minimum Gasteiger partial charge on any atom is -0.377 e. The smallest absolute Gasteiger partial charge is 0.147 e. The van der Waals surface area contributed by atoms with E-state index in [-0.39, 0.29) is 0 Å². The molecule has 0 saturated heterocycles. The monoisotopic (exact) mass is 318 g/mol. The second kappa shape index (κ2) is 6.52. The first-order valence-corrected chi connectivity index (χ1v) is 8.63. The van der Waals surface area contributed by atoms with Gasteiger partial charge in [0.15, 0.2) is 0 Å². The maximum absolute atomic E-state index is 5.31. The molecule has 0 bridgehead atoms. The van der Waals surface area contributed by atoms with E-state index >= 15 is 0 Å². The maximum atomic E-state index is 5.31. The van der Waals surface area contributed by atoms with Crippen LogP contribution in [0.3, 0.4) is 0 Å². The van der Waals surface area contributed by atoms with Gasteiger partial charge in [-0.15, -0.1) is 0 Å². The lowest BCUT2D eigenvalue weighted by atomic mass is 9.74. The van der Waals surface area contributed by atoms with Crippen LogP contribution in [0.15, 0.2) is 65.4 Å². The molecule has 24 heavy (non-hydrogen) atoms. The van der Waals surface area contributed by atoms with E-state index in [9.17, 15) is 0 Å². The van der Waals surface area contributed by atoms with Gasteiger partial charge in [-0.1, -0.05) is 66.7 Å². The van der Waals surface area contributed by atoms with E-state index in [1.807, 2.05) is 6.07 Å². The lowest BCUT2D eigenvalue weighted by Gasteiger charge is -2.30. The first-order chi connectivity index (χ1) is 11.8. The average Bonchev–Trinajstić information content (AvgIpc) is 3.10. The van der Waals surface area contributed by atoms with Gasteiger partial charge in [-0.2, -0.15) is 0 Å². The van der Waals surface area contributed by atoms with Gasteiger partial charge in [-0.3, -0.25) is 0 Å². The van der Waals surface area contributed by atoms with E-state index in [0.29, 0.717) is 11.8 Å². The molecule has 122 valence electrons. The summed E-state index contributed by atoms with van der Waals surface area (Å²) < 4.78 is 5.31. The highest BCUT2D eigenvalue weighted by molar-refractivity contribution is 5.49. The summed E-state index contributed by atoms with van der Waals surface area (Å²) >= 11 is 0. The predicted molar refractivity (Wildman–Crippen MR) is 96.2 cm³/mol. The SMILES string of the molecule is CC1c2ccccc2CCC1c1nocc1NCc1ccccc1. The van der Waals surface area contributed by atoms with Gasteiger partial charge in [0.1, 0.15) is 12.0 Å². The number of aromatic nitrogens is 1. The zero-order valence-electron chi connectivity index (χ0n) is 13.9. The van der Waals surface area contributed by atoms with Gasteiger partial charge in [0.05, 0.1) is 5.69 Å². The van der Waals surface area contributed by atoms with Crippen molar-refractivity contribution in [1.82, 2.24) is 5.16 Å². The molecule has 3 heteroatoms. The van der Waals surface area contributed by atoms with E-state index in [1.54, 1.807) is 6.26 Å². The van der Waals surface area contributed by atoms with E-state index in [0.717, 1.165) is 30.8 Å². The van der Waals surface area contributed by atoms with Gasteiger partial charge in [0.25, 0.3) is 0 Å². The number of nitrogens with one attached hydrogen (secondary N) is 1. The largest absolute Gasteiger partial charge is 0.377 e. The molecule has 0 saturated carbocycles. The molecule has 3 aromatic rings. The van der Waals surface area contributed by atoms with Crippen molar-refractivity contribution in [3.05, 3.63) is 83.2 Å². The molecule has 3 nitrogen and oxygen atoms in total. The number of hydrogen-bond donors (Lipinski definition) is 1. The number of hydrogen-bond acceptors (Lipinski definition) is 3. The van der Waals surface area contributed by atoms with Crippen molar-refractivity contribution in [1.29, 1.82) is 0 Å². The summed E-state index contributed by atoms with van der Waals surface area (Å²) in [4.78, 5) is 0. The van der Waals surface area contributed by atoms with E-state index in [4.69, 9.17) is 4.52 Å². The minimum atomic E-state index is 0.400. The molecule has 0 spiro atoms. The summed E-state index contributed by atoms with van der Waals surface area (Å²) in [6.45, 7) is 3.09. The van der Waals surface area contributed by atoms with E-state index in [1.165, 1.54) is 16.7 Å². The summed E-state index contributed by atoms with van der Waals surface area (Å²) in [6.07, 6.45) is 3.96. The van der Waals surface area contributed by atoms with Crippen molar-refractivity contribution in [3.8, 4) is 0 Å². The Morgan fingerprint density at radius 1 is 1.08 bits per heavy atom. The third-order valence-corrected chi connectivity index (χ3v) is 5.15. The van der Waals surface area contributed by atoms with Crippen LogP contribution < -0.4 is 5.32 Å². The molecule has 1 N–H and O–H groups in total. The van der Waals surface area contributed by atoms with Crippen LogP contribution in [0.2, 0.25) is 0 Å². The van der Waals surface area contributed by atoms with Crippen LogP contribution in [0.4, 0.5) is 5.69 Å². The standard InChI is InChI=1S/C21H22N2O/c1-15-18-10-6-5-9-17(18)11-12-19(15)21-20(14-24-23-21)22-13-16-7-3-2-4-8-16/h2-10,14-15,19,22H,11-13H2,1H3. The Morgan fingerprint density at radius 2 is 1.88 bits per heavy atom. The molecule has 4 rings (SSSR count). The molecular formula is C21H22N2O. The predicted octanol–water partition coefficient (Wildman–Crippen LogP) is 5.12. The first-order valence-electron chi connectivity index (χ1n) is 8.63. The zero-order chi connectivity index (χ0) is 16.4. The highest BCUT2D eigenvalue weighted by Gasteiger charge is 2.31. The van der Waals surface area contributed by atoms with Crippen molar-refractivity contribution >= 4 is 5.69 Å². The fourth-order valence-electron chi connectivity index (χ4n) is 3.80. The van der Waals surface area contributed by atoms with Gasteiger partial charge >= 0.3 is 0 Å². The van der Waals surface area contributed by atoms with Crippen molar-refractivity contribution in [2.45, 2.75) is 38.1 Å². The molecule has 1 heterocycles. The highest BCUT2D eigenvalue weighted by Crippen LogP contribution is 2.43. The van der Waals surface area contributed by atoms with Crippen LogP contribution in [0.1, 0.15) is 47.6 Å². The topological polar surface area (TPSA) is 38.1 Å². The van der Waals surface area contributed by atoms with Crippen LogP contribution in [-0.4, -0.2) is 5.16 Å². The van der Waals surface area contributed by atoms with Gasteiger partial charge < -0.3 is 9.84 Å². The molecule has 2 aromatic carbocycles. The first kappa shape index (κ1) is 15.0. The van der Waals surface area contributed by atoms with Crippen molar-refractivity contribution in [2.75, 3.05) is 5.32 Å².